The summed E-state index contributed by atoms with van der Waals surface area (Å²) in [6, 6.07) is 5.52. The van der Waals surface area contributed by atoms with Gasteiger partial charge in [0.2, 0.25) is 0 Å². The number of carbonyl (C=O) groups is 1. The summed E-state index contributed by atoms with van der Waals surface area (Å²) >= 11 is 0. The molecule has 0 aliphatic rings. The summed E-state index contributed by atoms with van der Waals surface area (Å²) in [5, 5.41) is 11.8. The van der Waals surface area contributed by atoms with E-state index in [2.05, 4.69) is 10.3 Å². The van der Waals surface area contributed by atoms with Crippen LogP contribution < -0.4 is 10.1 Å². The van der Waals surface area contributed by atoms with Crippen LogP contribution in [-0.2, 0) is 4.79 Å². The van der Waals surface area contributed by atoms with E-state index >= 15 is 0 Å². The van der Waals surface area contributed by atoms with Crippen LogP contribution in [0.3, 0.4) is 0 Å². The first-order chi connectivity index (χ1) is 10.2. The smallest absolute Gasteiger partial charge is 0.262 e. The van der Waals surface area contributed by atoms with Gasteiger partial charge >= 0.3 is 0 Å². The van der Waals surface area contributed by atoms with E-state index in [9.17, 15) is 4.79 Å². The van der Waals surface area contributed by atoms with E-state index in [1.54, 1.807) is 36.0 Å². The molecule has 0 atom stereocenters. The number of nitriles is 1. The van der Waals surface area contributed by atoms with Gasteiger partial charge in [-0.3, -0.25) is 9.20 Å². The first kappa shape index (κ1) is 14.6. The SMILES string of the molecule is CCCNC(=O)/C(C#N)=C/c1cnc2ccc(OC)cn12. The molecule has 0 spiro atoms. The number of fused-ring (bicyclic) bond motifs is 1. The summed E-state index contributed by atoms with van der Waals surface area (Å²) in [6.45, 7) is 2.49. The monoisotopic (exact) mass is 284 g/mol. The van der Waals surface area contributed by atoms with Crippen molar-refractivity contribution in [3.05, 3.63) is 35.8 Å². The molecule has 0 radical (unpaired) electrons. The molecule has 1 N–H and O–H groups in total. The average Bonchev–Trinajstić information content (AvgIpc) is 2.92. The highest BCUT2D eigenvalue weighted by Gasteiger charge is 2.10. The molecule has 0 unspecified atom stereocenters. The number of nitrogens with zero attached hydrogens (tertiary/aromatic N) is 3. The molecule has 0 aliphatic carbocycles. The van der Waals surface area contributed by atoms with Gasteiger partial charge in [0, 0.05) is 6.54 Å². The molecule has 2 heterocycles. The van der Waals surface area contributed by atoms with Crippen molar-refractivity contribution < 1.29 is 9.53 Å². The van der Waals surface area contributed by atoms with E-state index < -0.39 is 0 Å². The molecule has 0 saturated carbocycles. The Kier molecular flexibility index (Phi) is 4.57. The molecular weight excluding hydrogens is 268 g/mol. The van der Waals surface area contributed by atoms with Crippen molar-refractivity contribution in [3.8, 4) is 11.8 Å². The molecule has 0 saturated heterocycles. The molecule has 2 rings (SSSR count). The van der Waals surface area contributed by atoms with Crippen LogP contribution in [0.2, 0.25) is 0 Å². The third kappa shape index (κ3) is 3.20. The van der Waals surface area contributed by atoms with Gasteiger partial charge in [-0.1, -0.05) is 6.92 Å². The number of carbonyl (C=O) groups excluding carboxylic acids is 1. The first-order valence-electron chi connectivity index (χ1n) is 6.60. The Morgan fingerprint density at radius 2 is 2.38 bits per heavy atom. The highest BCUT2D eigenvalue weighted by molar-refractivity contribution is 6.01. The Labute approximate surface area is 122 Å². The van der Waals surface area contributed by atoms with Crippen molar-refractivity contribution in [2.24, 2.45) is 0 Å². The average molecular weight is 284 g/mol. The molecule has 0 bridgehead atoms. The van der Waals surface area contributed by atoms with Crippen LogP contribution in [0.4, 0.5) is 0 Å². The lowest BCUT2D eigenvalue weighted by molar-refractivity contribution is -0.117. The lowest BCUT2D eigenvalue weighted by Gasteiger charge is -2.03. The quantitative estimate of drug-likeness (QED) is 0.670. The Balaban J connectivity index is 2.38. The predicted molar refractivity (Wildman–Crippen MR) is 78.6 cm³/mol. The van der Waals surface area contributed by atoms with E-state index in [1.807, 2.05) is 13.0 Å². The normalized spacial score (nSPS) is 11.2. The lowest BCUT2D eigenvalue weighted by atomic mass is 10.2. The second-order valence-corrected chi connectivity index (χ2v) is 4.41. The second-order valence-electron chi connectivity index (χ2n) is 4.41. The summed E-state index contributed by atoms with van der Waals surface area (Å²) in [7, 11) is 1.58. The van der Waals surface area contributed by atoms with Crippen LogP contribution in [-0.4, -0.2) is 28.9 Å². The Hall–Kier alpha value is -2.81. The minimum Gasteiger partial charge on any atom is -0.495 e. The number of imidazole rings is 1. The Morgan fingerprint density at radius 1 is 1.57 bits per heavy atom. The fourth-order valence-electron chi connectivity index (χ4n) is 1.84. The van der Waals surface area contributed by atoms with Crippen molar-refractivity contribution >= 4 is 17.6 Å². The summed E-state index contributed by atoms with van der Waals surface area (Å²) in [5.41, 5.74) is 1.41. The predicted octanol–water partition coefficient (Wildman–Crippen LogP) is 1.78. The van der Waals surface area contributed by atoms with Gasteiger partial charge in [-0.05, 0) is 24.6 Å². The van der Waals surface area contributed by atoms with E-state index in [-0.39, 0.29) is 11.5 Å². The summed E-state index contributed by atoms with van der Waals surface area (Å²) in [6.07, 6.45) is 5.70. The Morgan fingerprint density at radius 3 is 3.05 bits per heavy atom. The van der Waals surface area contributed by atoms with Crippen molar-refractivity contribution in [1.82, 2.24) is 14.7 Å². The van der Waals surface area contributed by atoms with Crippen LogP contribution in [0, 0.1) is 11.3 Å². The maximum absolute atomic E-state index is 11.9. The third-order valence-corrected chi connectivity index (χ3v) is 2.94. The van der Waals surface area contributed by atoms with E-state index in [0.717, 1.165) is 6.42 Å². The number of amides is 1. The fourth-order valence-corrected chi connectivity index (χ4v) is 1.84. The lowest BCUT2D eigenvalue weighted by Crippen LogP contribution is -2.25. The number of pyridine rings is 1. The van der Waals surface area contributed by atoms with Crippen LogP contribution >= 0.6 is 0 Å². The number of rotatable bonds is 5. The molecule has 108 valence electrons. The van der Waals surface area contributed by atoms with Crippen LogP contribution in [0.1, 0.15) is 19.0 Å². The topological polar surface area (TPSA) is 79.4 Å². The first-order valence-corrected chi connectivity index (χ1v) is 6.60. The van der Waals surface area contributed by atoms with Gasteiger partial charge in [-0.25, -0.2) is 4.98 Å². The summed E-state index contributed by atoms with van der Waals surface area (Å²) in [5.74, 6) is 0.293. The molecule has 0 aromatic carbocycles. The molecule has 2 aromatic rings. The maximum atomic E-state index is 11.9. The minimum atomic E-state index is -0.378. The minimum absolute atomic E-state index is 0.0491. The summed E-state index contributed by atoms with van der Waals surface area (Å²) < 4.78 is 6.93. The second kappa shape index (κ2) is 6.57. The maximum Gasteiger partial charge on any atom is 0.262 e. The molecule has 2 aromatic heterocycles. The standard InChI is InChI=1S/C15H16N4O2/c1-3-6-17-15(20)11(8-16)7-12-9-18-14-5-4-13(21-2)10-19(12)14/h4-5,7,9-10H,3,6H2,1-2H3,(H,17,20)/b11-7+. The van der Waals surface area contributed by atoms with Gasteiger partial charge < -0.3 is 10.1 Å². The number of ether oxygens (including phenoxy) is 1. The summed E-state index contributed by atoms with van der Waals surface area (Å²) in [4.78, 5) is 16.1. The molecular formula is C15H16N4O2. The van der Waals surface area contributed by atoms with Gasteiger partial charge in [-0.2, -0.15) is 5.26 Å². The number of methoxy groups -OCH3 is 1. The molecule has 1 amide bonds. The Bertz CT molecular complexity index is 725. The molecule has 0 fully saturated rings. The number of nitrogens with one attached hydrogen (secondary N) is 1. The third-order valence-electron chi connectivity index (χ3n) is 2.94. The highest BCUT2D eigenvalue weighted by Crippen LogP contribution is 2.16. The number of hydrogen-bond donors (Lipinski definition) is 1. The molecule has 6 heteroatoms. The van der Waals surface area contributed by atoms with Crippen molar-refractivity contribution in [2.45, 2.75) is 13.3 Å². The largest absolute Gasteiger partial charge is 0.495 e. The van der Waals surface area contributed by atoms with Crippen LogP contribution in [0.15, 0.2) is 30.1 Å². The fraction of sp³-hybridized carbons (Fsp3) is 0.267. The molecule has 6 nitrogen and oxygen atoms in total. The van der Waals surface area contributed by atoms with E-state index in [0.29, 0.717) is 23.6 Å². The van der Waals surface area contributed by atoms with Gasteiger partial charge in [0.05, 0.1) is 25.2 Å². The van der Waals surface area contributed by atoms with Crippen LogP contribution in [0.25, 0.3) is 11.7 Å². The van der Waals surface area contributed by atoms with Crippen molar-refractivity contribution in [3.63, 3.8) is 0 Å². The van der Waals surface area contributed by atoms with Gasteiger partial charge in [0.15, 0.2) is 0 Å². The van der Waals surface area contributed by atoms with Crippen molar-refractivity contribution in [1.29, 1.82) is 5.26 Å². The molecule has 0 aliphatic heterocycles. The van der Waals surface area contributed by atoms with Gasteiger partial charge in [0.25, 0.3) is 5.91 Å². The zero-order valence-electron chi connectivity index (χ0n) is 12.0. The zero-order valence-corrected chi connectivity index (χ0v) is 12.0. The molecule has 21 heavy (non-hydrogen) atoms. The van der Waals surface area contributed by atoms with E-state index in [4.69, 9.17) is 10.00 Å². The van der Waals surface area contributed by atoms with Gasteiger partial charge in [0.1, 0.15) is 23.0 Å². The van der Waals surface area contributed by atoms with Gasteiger partial charge in [-0.15, -0.1) is 0 Å². The van der Waals surface area contributed by atoms with Crippen molar-refractivity contribution in [2.75, 3.05) is 13.7 Å². The zero-order chi connectivity index (χ0) is 15.2. The number of aromatic nitrogens is 2. The highest BCUT2D eigenvalue weighted by atomic mass is 16.5. The van der Waals surface area contributed by atoms with Crippen LogP contribution in [0.5, 0.6) is 5.75 Å². The van der Waals surface area contributed by atoms with E-state index in [1.165, 1.54) is 6.08 Å². The number of hydrogen-bond acceptors (Lipinski definition) is 4.